The molecule has 0 saturated heterocycles. The van der Waals surface area contributed by atoms with Crippen LogP contribution >= 0.6 is 0 Å². The van der Waals surface area contributed by atoms with Crippen molar-refractivity contribution in [1.29, 1.82) is 0 Å². The minimum absolute atomic E-state index is 0.00146. The average molecular weight is 444 g/mol. The van der Waals surface area contributed by atoms with Crippen molar-refractivity contribution in [2.24, 2.45) is 0 Å². The Labute approximate surface area is 184 Å². The number of nitrogens with zero attached hydrogens (tertiary/aromatic N) is 1. The van der Waals surface area contributed by atoms with Gasteiger partial charge < -0.3 is 14.8 Å². The lowest BCUT2D eigenvalue weighted by Crippen LogP contribution is -2.19. The van der Waals surface area contributed by atoms with Crippen LogP contribution < -0.4 is 14.8 Å². The van der Waals surface area contributed by atoms with E-state index in [1.165, 1.54) is 13.2 Å². The fourth-order valence-corrected chi connectivity index (χ4v) is 3.10. The molecule has 0 atom stereocenters. The molecule has 3 rings (SSSR count). The highest BCUT2D eigenvalue weighted by atomic mass is 19.4. The molecule has 0 saturated carbocycles. The Morgan fingerprint density at radius 1 is 1.00 bits per heavy atom. The van der Waals surface area contributed by atoms with Crippen LogP contribution in [0, 0.1) is 6.92 Å². The number of rotatable bonds is 8. The molecule has 1 N–H and O–H groups in total. The quantitative estimate of drug-likeness (QED) is 0.493. The highest BCUT2D eigenvalue weighted by Gasteiger charge is 2.29. The molecular formula is C24H23F3N2O3. The van der Waals surface area contributed by atoms with E-state index >= 15 is 0 Å². The van der Waals surface area contributed by atoms with Crippen LogP contribution in [-0.4, -0.2) is 30.8 Å². The van der Waals surface area contributed by atoms with Crippen molar-refractivity contribution in [2.45, 2.75) is 25.9 Å². The van der Waals surface area contributed by atoms with Gasteiger partial charge in [0, 0.05) is 24.5 Å². The molecule has 5 nitrogen and oxygen atoms in total. The molecular weight excluding hydrogens is 421 g/mol. The summed E-state index contributed by atoms with van der Waals surface area (Å²) in [7, 11) is 1.35. The van der Waals surface area contributed by atoms with E-state index in [-0.39, 0.29) is 23.8 Å². The first kappa shape index (κ1) is 23.1. The predicted molar refractivity (Wildman–Crippen MR) is 116 cm³/mol. The largest absolute Gasteiger partial charge is 0.493 e. The van der Waals surface area contributed by atoms with Crippen LogP contribution in [0.25, 0.3) is 11.1 Å². The number of ether oxygens (including phenoxy) is 2. The van der Waals surface area contributed by atoms with E-state index in [1.807, 2.05) is 37.3 Å². The number of halogens is 3. The minimum atomic E-state index is -4.44. The zero-order valence-corrected chi connectivity index (χ0v) is 17.7. The summed E-state index contributed by atoms with van der Waals surface area (Å²) in [5.74, 6) is 0.0194. The van der Waals surface area contributed by atoms with Gasteiger partial charge in [-0.3, -0.25) is 9.78 Å². The van der Waals surface area contributed by atoms with E-state index < -0.39 is 12.8 Å². The number of anilines is 1. The van der Waals surface area contributed by atoms with Crippen LogP contribution in [-0.2, 0) is 11.2 Å². The molecule has 0 radical (unpaired) electrons. The third-order valence-corrected chi connectivity index (χ3v) is 4.79. The highest BCUT2D eigenvalue weighted by molar-refractivity contribution is 5.92. The van der Waals surface area contributed by atoms with Gasteiger partial charge in [0.15, 0.2) is 18.1 Å². The zero-order chi connectivity index (χ0) is 23.1. The smallest absolute Gasteiger partial charge is 0.422 e. The molecule has 32 heavy (non-hydrogen) atoms. The van der Waals surface area contributed by atoms with E-state index in [9.17, 15) is 18.0 Å². The number of benzene rings is 2. The molecule has 168 valence electrons. The molecule has 1 amide bonds. The standard InChI is InChI=1S/C24H23F3N2O3/c1-16-3-6-19(18-9-11-28-12-10-18)14-20(16)29-23(30)8-5-17-4-7-21(22(13-17)31-2)32-15-24(25,26)27/h3-4,6-7,9-14H,5,8,15H2,1-2H3,(H,29,30). The molecule has 0 bridgehead atoms. The van der Waals surface area contributed by atoms with Crippen LogP contribution in [0.3, 0.4) is 0 Å². The van der Waals surface area contributed by atoms with Crippen molar-refractivity contribution in [3.8, 4) is 22.6 Å². The second kappa shape index (κ2) is 10.2. The molecule has 1 aromatic heterocycles. The summed E-state index contributed by atoms with van der Waals surface area (Å²) in [6.07, 6.45) is -0.424. The van der Waals surface area contributed by atoms with Gasteiger partial charge in [0.1, 0.15) is 0 Å². The van der Waals surface area contributed by atoms with Crippen LogP contribution in [0.5, 0.6) is 11.5 Å². The fraction of sp³-hybridized carbons (Fsp3) is 0.250. The number of pyridine rings is 1. The first-order valence-electron chi connectivity index (χ1n) is 9.92. The van der Waals surface area contributed by atoms with E-state index in [0.717, 1.165) is 27.9 Å². The molecule has 0 spiro atoms. The number of alkyl halides is 3. The molecule has 3 aromatic rings. The summed E-state index contributed by atoms with van der Waals surface area (Å²) in [6.45, 7) is 0.513. The Morgan fingerprint density at radius 3 is 2.44 bits per heavy atom. The summed E-state index contributed by atoms with van der Waals surface area (Å²) in [5.41, 5.74) is 4.36. The lowest BCUT2D eigenvalue weighted by atomic mass is 10.0. The van der Waals surface area contributed by atoms with Crippen LogP contribution in [0.4, 0.5) is 18.9 Å². The van der Waals surface area contributed by atoms with Crippen molar-refractivity contribution in [3.05, 3.63) is 72.1 Å². The third-order valence-electron chi connectivity index (χ3n) is 4.79. The summed E-state index contributed by atoms with van der Waals surface area (Å²) >= 11 is 0. The van der Waals surface area contributed by atoms with Gasteiger partial charge in [-0.15, -0.1) is 0 Å². The first-order valence-corrected chi connectivity index (χ1v) is 9.92. The summed E-state index contributed by atoms with van der Waals surface area (Å²) in [4.78, 5) is 16.5. The van der Waals surface area contributed by atoms with Gasteiger partial charge in [0.05, 0.1) is 7.11 Å². The number of hydrogen-bond donors (Lipinski definition) is 1. The molecule has 0 aliphatic rings. The number of nitrogens with one attached hydrogen (secondary N) is 1. The normalized spacial score (nSPS) is 11.2. The molecule has 2 aromatic carbocycles. The summed E-state index contributed by atoms with van der Waals surface area (Å²) in [5, 5.41) is 2.93. The number of carbonyl (C=O) groups is 1. The molecule has 8 heteroatoms. The Morgan fingerprint density at radius 2 is 1.75 bits per heavy atom. The van der Waals surface area contributed by atoms with Crippen molar-refractivity contribution >= 4 is 11.6 Å². The van der Waals surface area contributed by atoms with Crippen molar-refractivity contribution in [2.75, 3.05) is 19.0 Å². The lowest BCUT2D eigenvalue weighted by Gasteiger charge is -2.14. The number of carbonyl (C=O) groups excluding carboxylic acids is 1. The first-order chi connectivity index (χ1) is 15.2. The van der Waals surface area contributed by atoms with Crippen LogP contribution in [0.15, 0.2) is 60.9 Å². The number of amides is 1. The van der Waals surface area contributed by atoms with Gasteiger partial charge in [0.2, 0.25) is 5.91 Å². The van der Waals surface area contributed by atoms with E-state index in [1.54, 1.807) is 24.5 Å². The molecule has 0 unspecified atom stereocenters. The average Bonchev–Trinajstić information content (AvgIpc) is 2.78. The second-order valence-electron chi connectivity index (χ2n) is 7.20. The van der Waals surface area contributed by atoms with Crippen LogP contribution in [0.2, 0.25) is 0 Å². The highest BCUT2D eigenvalue weighted by Crippen LogP contribution is 2.30. The topological polar surface area (TPSA) is 60.5 Å². The van der Waals surface area contributed by atoms with E-state index in [4.69, 9.17) is 9.47 Å². The van der Waals surface area contributed by atoms with Crippen molar-refractivity contribution in [3.63, 3.8) is 0 Å². The maximum atomic E-state index is 12.5. The van der Waals surface area contributed by atoms with Gasteiger partial charge >= 0.3 is 6.18 Å². The maximum absolute atomic E-state index is 12.5. The van der Waals surface area contributed by atoms with E-state index in [2.05, 4.69) is 10.3 Å². The number of hydrogen-bond acceptors (Lipinski definition) is 4. The molecule has 1 heterocycles. The fourth-order valence-electron chi connectivity index (χ4n) is 3.10. The SMILES string of the molecule is COc1cc(CCC(=O)Nc2cc(-c3ccncc3)ccc2C)ccc1OCC(F)(F)F. The number of aromatic nitrogens is 1. The van der Waals surface area contributed by atoms with Gasteiger partial charge in [-0.2, -0.15) is 13.2 Å². The molecule has 0 aliphatic heterocycles. The van der Waals surface area contributed by atoms with Gasteiger partial charge in [-0.05, 0) is 65.9 Å². The predicted octanol–water partition coefficient (Wildman–Crippen LogP) is 5.58. The molecule has 0 aliphatic carbocycles. The van der Waals surface area contributed by atoms with Gasteiger partial charge in [0.25, 0.3) is 0 Å². The van der Waals surface area contributed by atoms with Crippen molar-refractivity contribution in [1.82, 2.24) is 4.98 Å². The number of aryl methyl sites for hydroxylation is 2. The van der Waals surface area contributed by atoms with Crippen molar-refractivity contribution < 1.29 is 27.4 Å². The van der Waals surface area contributed by atoms with Crippen LogP contribution in [0.1, 0.15) is 17.5 Å². The maximum Gasteiger partial charge on any atom is 0.422 e. The molecule has 0 fully saturated rings. The Bertz CT molecular complexity index is 1070. The zero-order valence-electron chi connectivity index (χ0n) is 17.7. The number of methoxy groups -OCH3 is 1. The Kier molecular flexibility index (Phi) is 7.35. The summed E-state index contributed by atoms with van der Waals surface area (Å²) in [6, 6.07) is 14.2. The van der Waals surface area contributed by atoms with E-state index in [0.29, 0.717) is 6.42 Å². The van der Waals surface area contributed by atoms with Gasteiger partial charge in [-0.25, -0.2) is 0 Å². The Balaban J connectivity index is 1.62. The monoisotopic (exact) mass is 444 g/mol. The second-order valence-corrected chi connectivity index (χ2v) is 7.20. The van der Waals surface area contributed by atoms with Gasteiger partial charge in [-0.1, -0.05) is 18.2 Å². The minimum Gasteiger partial charge on any atom is -0.493 e. The lowest BCUT2D eigenvalue weighted by molar-refractivity contribution is -0.153. The summed E-state index contributed by atoms with van der Waals surface area (Å²) < 4.78 is 47.1. The Hall–Kier alpha value is -3.55. The third kappa shape index (κ3) is 6.47.